The minimum Gasteiger partial charge on any atom is -0.343 e. The molecule has 0 aliphatic carbocycles. The SMILES string of the molecule is O=C(Nc1ccc(-c2ccccc2)cc1)[C@@H]1CCCN1C1=NS(=O)(=O)c2ccccc21. The number of sulfonamides is 1. The summed E-state index contributed by atoms with van der Waals surface area (Å²) in [6.45, 7) is 0.591. The second-order valence-electron chi connectivity index (χ2n) is 7.67. The second kappa shape index (κ2) is 7.67. The molecule has 2 aliphatic rings. The predicted octanol–water partition coefficient (Wildman–Crippen LogP) is 3.91. The lowest BCUT2D eigenvalue weighted by Gasteiger charge is -2.25. The summed E-state index contributed by atoms with van der Waals surface area (Å²) in [5.74, 6) is 0.210. The fourth-order valence-corrected chi connectivity index (χ4v) is 5.41. The maximum atomic E-state index is 13.1. The molecule has 3 aromatic carbocycles. The van der Waals surface area contributed by atoms with E-state index in [2.05, 4.69) is 9.71 Å². The van der Waals surface area contributed by atoms with Gasteiger partial charge in [0.25, 0.3) is 10.0 Å². The molecule has 1 saturated heterocycles. The number of likely N-dealkylation sites (tertiary alicyclic amines) is 1. The fourth-order valence-electron chi connectivity index (χ4n) is 4.19. The van der Waals surface area contributed by atoms with Crippen LogP contribution in [0.25, 0.3) is 11.1 Å². The largest absolute Gasteiger partial charge is 0.343 e. The van der Waals surface area contributed by atoms with Gasteiger partial charge >= 0.3 is 0 Å². The van der Waals surface area contributed by atoms with E-state index in [0.29, 0.717) is 30.1 Å². The molecule has 0 radical (unpaired) electrons. The highest BCUT2D eigenvalue weighted by molar-refractivity contribution is 7.90. The Morgan fingerprint density at radius 3 is 2.35 bits per heavy atom. The van der Waals surface area contributed by atoms with E-state index in [0.717, 1.165) is 17.5 Å². The van der Waals surface area contributed by atoms with Crippen molar-refractivity contribution >= 4 is 27.5 Å². The minimum absolute atomic E-state index is 0.158. The van der Waals surface area contributed by atoms with Crippen LogP contribution in [0.2, 0.25) is 0 Å². The van der Waals surface area contributed by atoms with Crippen molar-refractivity contribution in [3.63, 3.8) is 0 Å². The highest BCUT2D eigenvalue weighted by Crippen LogP contribution is 2.31. The van der Waals surface area contributed by atoms with Gasteiger partial charge in [0.2, 0.25) is 5.91 Å². The van der Waals surface area contributed by atoms with Crippen molar-refractivity contribution in [2.45, 2.75) is 23.8 Å². The van der Waals surface area contributed by atoms with Crippen molar-refractivity contribution in [3.8, 4) is 11.1 Å². The Bertz CT molecular complexity index is 1270. The van der Waals surface area contributed by atoms with E-state index in [4.69, 9.17) is 0 Å². The summed E-state index contributed by atoms with van der Waals surface area (Å²) in [6.07, 6.45) is 1.45. The monoisotopic (exact) mass is 431 g/mol. The summed E-state index contributed by atoms with van der Waals surface area (Å²) >= 11 is 0. The Balaban J connectivity index is 1.35. The minimum atomic E-state index is -3.72. The van der Waals surface area contributed by atoms with Crippen molar-refractivity contribution in [2.24, 2.45) is 4.40 Å². The van der Waals surface area contributed by atoms with Gasteiger partial charge in [-0.3, -0.25) is 4.79 Å². The number of carbonyl (C=O) groups is 1. The second-order valence-corrected chi connectivity index (χ2v) is 9.24. The third-order valence-electron chi connectivity index (χ3n) is 5.70. The highest BCUT2D eigenvalue weighted by Gasteiger charge is 2.39. The van der Waals surface area contributed by atoms with Gasteiger partial charge in [-0.05, 0) is 48.2 Å². The molecule has 156 valence electrons. The molecule has 2 aliphatic heterocycles. The van der Waals surface area contributed by atoms with Crippen molar-refractivity contribution in [1.82, 2.24) is 4.90 Å². The number of carbonyl (C=O) groups excluding carboxylic acids is 1. The van der Waals surface area contributed by atoms with Crippen LogP contribution < -0.4 is 5.32 Å². The number of rotatable bonds is 3. The van der Waals surface area contributed by atoms with Gasteiger partial charge in [-0.1, -0.05) is 54.6 Å². The first-order valence-electron chi connectivity index (χ1n) is 10.2. The third kappa shape index (κ3) is 3.61. The Labute approximate surface area is 181 Å². The van der Waals surface area contributed by atoms with Crippen LogP contribution in [0.1, 0.15) is 18.4 Å². The van der Waals surface area contributed by atoms with Crippen molar-refractivity contribution in [1.29, 1.82) is 0 Å². The van der Waals surface area contributed by atoms with Crippen LogP contribution in [0.15, 0.2) is 88.2 Å². The molecule has 1 N–H and O–H groups in total. The number of nitrogens with zero attached hydrogens (tertiary/aromatic N) is 2. The average molecular weight is 432 g/mol. The Kier molecular flexibility index (Phi) is 4.82. The number of fused-ring (bicyclic) bond motifs is 1. The molecule has 3 aromatic rings. The molecule has 2 heterocycles. The molecule has 0 bridgehead atoms. The molecule has 31 heavy (non-hydrogen) atoms. The molecule has 1 amide bonds. The van der Waals surface area contributed by atoms with Gasteiger partial charge in [0.1, 0.15) is 10.9 Å². The summed E-state index contributed by atoms with van der Waals surface area (Å²) in [4.78, 5) is 15.1. The molecule has 5 rings (SSSR count). The molecule has 1 fully saturated rings. The van der Waals surface area contributed by atoms with Crippen LogP contribution >= 0.6 is 0 Å². The summed E-state index contributed by atoms with van der Waals surface area (Å²) < 4.78 is 28.8. The normalized spacial score (nSPS) is 19.0. The number of nitrogens with one attached hydrogen (secondary N) is 1. The van der Waals surface area contributed by atoms with Gasteiger partial charge in [-0.25, -0.2) is 0 Å². The quantitative estimate of drug-likeness (QED) is 0.682. The first-order chi connectivity index (χ1) is 15.0. The smallest absolute Gasteiger partial charge is 0.285 e. The number of hydrogen-bond acceptors (Lipinski definition) is 4. The number of amides is 1. The van der Waals surface area contributed by atoms with Crippen LogP contribution in [0.3, 0.4) is 0 Å². The molecular formula is C24H21N3O3S. The predicted molar refractivity (Wildman–Crippen MR) is 120 cm³/mol. The van der Waals surface area contributed by atoms with Gasteiger partial charge in [0.15, 0.2) is 5.84 Å². The van der Waals surface area contributed by atoms with Crippen molar-refractivity contribution in [2.75, 3.05) is 11.9 Å². The lowest BCUT2D eigenvalue weighted by atomic mass is 10.1. The van der Waals surface area contributed by atoms with E-state index in [1.807, 2.05) is 59.5 Å². The van der Waals surface area contributed by atoms with Gasteiger partial charge in [-0.15, -0.1) is 4.40 Å². The van der Waals surface area contributed by atoms with E-state index in [1.54, 1.807) is 24.3 Å². The van der Waals surface area contributed by atoms with Crippen LogP contribution in [0, 0.1) is 0 Å². The van der Waals surface area contributed by atoms with Crippen molar-refractivity contribution in [3.05, 3.63) is 84.4 Å². The van der Waals surface area contributed by atoms with Crippen LogP contribution in [0.4, 0.5) is 5.69 Å². The number of benzene rings is 3. The zero-order chi connectivity index (χ0) is 21.4. The summed E-state index contributed by atoms with van der Waals surface area (Å²) in [5.41, 5.74) is 3.46. The zero-order valence-corrected chi connectivity index (χ0v) is 17.5. The number of anilines is 1. The maximum absolute atomic E-state index is 13.1. The Morgan fingerprint density at radius 2 is 1.58 bits per heavy atom. The first-order valence-corrected chi connectivity index (χ1v) is 11.6. The average Bonchev–Trinajstić information content (AvgIpc) is 3.38. The standard InChI is InChI=1S/C24H21N3O3S/c28-24(25-19-14-12-18(13-15-19)17-7-2-1-3-8-17)21-10-6-16-27(21)23-20-9-4-5-11-22(20)31(29,30)26-23/h1-5,7-9,11-15,21H,6,10,16H2,(H,25,28)/t21-/m0/s1. The van der Waals surface area contributed by atoms with Gasteiger partial charge in [-0.2, -0.15) is 8.42 Å². The molecule has 1 atom stereocenters. The molecule has 0 aromatic heterocycles. The maximum Gasteiger partial charge on any atom is 0.285 e. The van der Waals surface area contributed by atoms with E-state index in [9.17, 15) is 13.2 Å². The lowest BCUT2D eigenvalue weighted by molar-refractivity contribution is -0.119. The van der Waals surface area contributed by atoms with E-state index >= 15 is 0 Å². The highest BCUT2D eigenvalue weighted by atomic mass is 32.2. The molecule has 0 unspecified atom stereocenters. The van der Waals surface area contributed by atoms with E-state index in [1.165, 1.54) is 0 Å². The summed E-state index contributed by atoms with van der Waals surface area (Å²) in [5, 5.41) is 2.98. The Hall–Kier alpha value is -3.45. The number of amidine groups is 1. The van der Waals surface area contributed by atoms with E-state index < -0.39 is 16.1 Å². The molecule has 0 spiro atoms. The van der Waals surface area contributed by atoms with E-state index in [-0.39, 0.29) is 10.8 Å². The molecule has 7 heteroatoms. The third-order valence-corrected chi connectivity index (χ3v) is 7.02. The van der Waals surface area contributed by atoms with Crippen LogP contribution in [0.5, 0.6) is 0 Å². The molecule has 6 nitrogen and oxygen atoms in total. The first kappa shape index (κ1) is 19.5. The summed E-state index contributed by atoms with van der Waals surface area (Å²) in [6, 6.07) is 24.1. The topological polar surface area (TPSA) is 78.8 Å². The van der Waals surface area contributed by atoms with Gasteiger partial charge < -0.3 is 10.2 Å². The van der Waals surface area contributed by atoms with Gasteiger partial charge in [0, 0.05) is 17.8 Å². The molecular weight excluding hydrogens is 410 g/mol. The summed E-state index contributed by atoms with van der Waals surface area (Å²) in [7, 11) is -3.72. The van der Waals surface area contributed by atoms with Crippen LogP contribution in [-0.2, 0) is 14.8 Å². The zero-order valence-electron chi connectivity index (χ0n) is 16.7. The fraction of sp³-hybridized carbons (Fsp3) is 0.167. The van der Waals surface area contributed by atoms with Crippen LogP contribution in [-0.4, -0.2) is 37.6 Å². The Morgan fingerprint density at radius 1 is 0.903 bits per heavy atom. The van der Waals surface area contributed by atoms with Gasteiger partial charge in [0.05, 0.1) is 0 Å². The van der Waals surface area contributed by atoms with Crippen molar-refractivity contribution < 1.29 is 13.2 Å². The lowest BCUT2D eigenvalue weighted by Crippen LogP contribution is -2.43. The molecule has 0 saturated carbocycles. The number of hydrogen-bond donors (Lipinski definition) is 1.